The summed E-state index contributed by atoms with van der Waals surface area (Å²) in [4.78, 5) is 151. The molecule has 7 aliphatic rings. The van der Waals surface area contributed by atoms with Crippen molar-refractivity contribution in [3.05, 3.63) is 166 Å². The molecule has 780 valence electrons. The number of Topliss-reactive ketones (excluding diaryl/α,β-unsaturated/α-hetero) is 1. The number of nitrogens with zero attached hydrogens (tertiary/aromatic N) is 19. The molecule has 1 aliphatic carbocycles. The number of carbonyl (C=O) groups is 6. The Labute approximate surface area is 845 Å². The fourth-order valence-corrected chi connectivity index (χ4v) is 20.8. The number of amides is 4. The number of benzene rings is 2. The van der Waals surface area contributed by atoms with E-state index in [1.54, 1.807) is 84.4 Å². The predicted octanol–water partition coefficient (Wildman–Crippen LogP) is 12.6. The highest BCUT2D eigenvalue weighted by atomic mass is 19.4. The number of anilines is 4. The molecule has 0 radical (unpaired) electrons. The van der Waals surface area contributed by atoms with Gasteiger partial charge in [-0.05, 0) is 200 Å². The van der Waals surface area contributed by atoms with Crippen LogP contribution in [0.2, 0.25) is 0 Å². The molecule has 0 spiro atoms. The number of alkyl halides is 3. The van der Waals surface area contributed by atoms with E-state index >= 15 is 13.2 Å². The Morgan fingerprint density at radius 2 is 1.40 bits per heavy atom. The predicted molar refractivity (Wildman–Crippen MR) is 545 cm³/mol. The number of fused-ring (bicyclic) bond motifs is 4. The van der Waals surface area contributed by atoms with Gasteiger partial charge in [-0.15, -0.1) is 0 Å². The van der Waals surface area contributed by atoms with Gasteiger partial charge in [-0.25, -0.2) is 39.7 Å². The summed E-state index contributed by atoms with van der Waals surface area (Å²) in [5.41, 5.74) is 6.74. The van der Waals surface area contributed by atoms with Gasteiger partial charge in [0, 0.05) is 222 Å². The van der Waals surface area contributed by atoms with Crippen molar-refractivity contribution in [2.75, 3.05) is 158 Å². The first-order valence-corrected chi connectivity index (χ1v) is 51.6. The molecular weight excluding hydrogens is 1860 g/mol. The van der Waals surface area contributed by atoms with Crippen LogP contribution in [0, 0.1) is 23.7 Å². The summed E-state index contributed by atoms with van der Waals surface area (Å²) >= 11 is 0. The average Bonchev–Trinajstić information content (AvgIpc) is 1.58. The van der Waals surface area contributed by atoms with Crippen LogP contribution in [-0.4, -0.2) is 296 Å². The van der Waals surface area contributed by atoms with Crippen LogP contribution in [0.15, 0.2) is 137 Å². The van der Waals surface area contributed by atoms with Gasteiger partial charge >= 0.3 is 11.9 Å². The molecular formula is C107H141F3N20O15. The number of aliphatic hydroxyl groups is 2. The second-order valence-electron chi connectivity index (χ2n) is 39.9. The van der Waals surface area contributed by atoms with Crippen LogP contribution >= 0.6 is 0 Å². The Balaban J connectivity index is 0.453. The number of piperazine rings is 3. The Morgan fingerprint density at radius 1 is 0.697 bits per heavy atom. The Morgan fingerprint density at radius 3 is 2.11 bits per heavy atom. The molecule has 5 saturated heterocycles. The number of halogens is 3. The van der Waals surface area contributed by atoms with E-state index in [-0.39, 0.29) is 111 Å². The third-order valence-corrected chi connectivity index (χ3v) is 29.6. The summed E-state index contributed by atoms with van der Waals surface area (Å²) in [5, 5.41) is 29.8. The number of imidazole rings is 1. The highest BCUT2D eigenvalue weighted by Crippen LogP contribution is 2.41. The summed E-state index contributed by atoms with van der Waals surface area (Å²) in [6.07, 6.45) is 28.3. The Hall–Kier alpha value is -12.2. The van der Waals surface area contributed by atoms with E-state index < -0.39 is 47.2 Å². The third-order valence-electron chi connectivity index (χ3n) is 29.6. The molecule has 2 unspecified atom stereocenters. The number of aliphatic hydroxyl groups excluding tert-OH is 2. The van der Waals surface area contributed by atoms with E-state index in [1.807, 2.05) is 52.8 Å². The number of aryl methyl sites for hydroxylation is 1. The Bertz CT molecular complexity index is 5890. The standard InChI is InChI=1S/C107H141F3N20O15/c1-71(16-11-9-12-17-73(3)95(140-7)58-85-18-15-19-94(145-85)100(136)102(138)125-36-13-10-14-37-125)54-74(4)90(59-93(133)75(5)55-72(2)20-29-84(143-70-131)30-23-76-21-27-83(132)28-22-76)120-144-69-96(134)112-60-77-61-114-103(115-62-77)127-49-45-124(46-50-127)98(135)35-52-142-53-51-122-39-41-126(42-40-122)104-116-64-80(65-117-104)101(137)129-38-34-88-81(68-129)66-118-105(119-88)128-47-43-123(44-48-128)91-32-26-82(57-87(91)107(108,109)110)130-99-86-56-78(79-25-33-97(141-8)113-63-79)24-31-89(86)111-67-92(99)121(6)106(130)139/h9,12,17,24-26,31-33,55-57,61-67,70-72,74,76,83-85,93-95,132-133H,10-11,13-16,18-23,27-30,34-54,58-60,68-69H2,1-8H3,(H,112,134)/b12-9+,73-17+,75-55+,120-90-/t71-,72+,74-,76?,83?,84+,85?,93+,94?,95+/m1/s1. The van der Waals surface area contributed by atoms with E-state index in [4.69, 9.17) is 38.5 Å². The number of piperidine rings is 1. The smallest absolute Gasteiger partial charge is 0.418 e. The number of nitrogens with one attached hydrogen (secondary N) is 1. The highest BCUT2D eigenvalue weighted by Gasteiger charge is 2.40. The van der Waals surface area contributed by atoms with Crippen LogP contribution < -0.4 is 35.3 Å². The molecule has 6 fully saturated rings. The van der Waals surface area contributed by atoms with Gasteiger partial charge in [-0.1, -0.05) is 56.3 Å². The average molecular weight is 2000 g/mol. The molecule has 2 aromatic carbocycles. The first-order chi connectivity index (χ1) is 70.1. The van der Waals surface area contributed by atoms with Crippen LogP contribution in [-0.2, 0) is 80.5 Å². The lowest BCUT2D eigenvalue weighted by molar-refractivity contribution is -0.157. The van der Waals surface area contributed by atoms with Crippen LogP contribution in [0.5, 0.6) is 5.88 Å². The van der Waals surface area contributed by atoms with Crippen LogP contribution in [0.25, 0.3) is 38.8 Å². The number of allylic oxidation sites excluding steroid dienone is 4. The highest BCUT2D eigenvalue weighted by molar-refractivity contribution is 6.37. The van der Waals surface area contributed by atoms with Crippen LogP contribution in [0.3, 0.4) is 0 Å². The topological polar surface area (TPSA) is 379 Å². The van der Waals surface area contributed by atoms with E-state index in [0.29, 0.717) is 192 Å². The van der Waals surface area contributed by atoms with Crippen LogP contribution in [0.4, 0.5) is 36.7 Å². The minimum absolute atomic E-state index is 0.000290. The van der Waals surface area contributed by atoms with Crippen molar-refractivity contribution in [1.29, 1.82) is 0 Å². The molecule has 6 aliphatic heterocycles. The quantitative estimate of drug-likeness (QED) is 0.00607. The molecule has 15 rings (SSSR count). The Kier molecular flexibility index (Phi) is 37.8. The number of hydrogen-bond donors (Lipinski definition) is 3. The van der Waals surface area contributed by atoms with Gasteiger partial charge in [0.05, 0.1) is 102 Å². The molecule has 8 atom stereocenters. The maximum absolute atomic E-state index is 15.3. The lowest BCUT2D eigenvalue weighted by Crippen LogP contribution is -2.49. The van der Waals surface area contributed by atoms with Crippen molar-refractivity contribution in [2.45, 2.75) is 225 Å². The lowest BCUT2D eigenvalue weighted by Gasteiger charge is -2.37. The van der Waals surface area contributed by atoms with Crippen molar-refractivity contribution in [3.8, 4) is 22.7 Å². The summed E-state index contributed by atoms with van der Waals surface area (Å²) in [5.74, 6) is 1.24. The molecule has 1 saturated carbocycles. The van der Waals surface area contributed by atoms with Gasteiger partial charge < -0.3 is 78.4 Å². The van der Waals surface area contributed by atoms with E-state index in [0.717, 1.165) is 149 Å². The molecule has 8 aromatic rings. The molecule has 4 amide bonds. The minimum atomic E-state index is -4.76. The number of ether oxygens (including phenoxy) is 5. The number of aromatic nitrogens is 10. The number of carbonyl (C=O) groups excluding carboxylic acids is 6. The normalized spacial score (nSPS) is 20.0. The van der Waals surface area contributed by atoms with Gasteiger partial charge in [0.2, 0.25) is 35.4 Å². The number of oxime groups is 1. The summed E-state index contributed by atoms with van der Waals surface area (Å²) in [6.45, 7) is 20.1. The number of ketones is 1. The number of hydrogen-bond acceptors (Lipinski definition) is 29. The molecule has 35 nitrogen and oxygen atoms in total. The van der Waals surface area contributed by atoms with Crippen molar-refractivity contribution in [2.24, 2.45) is 35.9 Å². The van der Waals surface area contributed by atoms with Gasteiger partial charge in [0.1, 0.15) is 12.2 Å². The largest absolute Gasteiger partial charge is 0.481 e. The molecule has 3 N–H and O–H groups in total. The number of methoxy groups -OCH3 is 2. The summed E-state index contributed by atoms with van der Waals surface area (Å²) in [7, 11) is 4.78. The SMILES string of the molecule is COc1ccc(-c2ccc3ncc4c(c3c2)n(-c2ccc(N3CCN(c5ncc6c(n5)CCN(C(=O)c5cnc(N7CCN(CCOCCC(=O)N8CCN(c9ncc(CNC(=O)CO/N=C(/C[C@H](O)/C(C)=C/[C@@H](C)CC[C@@H](CCC%10CCC(O)CC%10)OC=O)[C@H](C)C[C@H](C)CC/C=C/C=C(\C)[C@H](CC%10CCCC(C(=O)C(=O)N%11CCCCC%11)O%10)OC)cn9)CC8)CC7)nc5)C6)CC3)c(C(F)(F)F)c2)c(=O)n4C)cn1. The van der Waals surface area contributed by atoms with E-state index in [2.05, 4.69) is 95.3 Å². The molecule has 145 heavy (non-hydrogen) atoms. The number of rotatable bonds is 44. The zero-order chi connectivity index (χ0) is 102. The minimum Gasteiger partial charge on any atom is -0.481 e. The number of pyridine rings is 2. The van der Waals surface area contributed by atoms with Gasteiger partial charge in [-0.2, -0.15) is 13.2 Å². The molecule has 6 aromatic heterocycles. The second kappa shape index (κ2) is 51.2. The van der Waals surface area contributed by atoms with Crippen LogP contribution in [0.1, 0.15) is 196 Å². The fourth-order valence-electron chi connectivity index (χ4n) is 20.8. The summed E-state index contributed by atoms with van der Waals surface area (Å²) < 4.78 is 77.5. The van der Waals surface area contributed by atoms with Gasteiger partial charge in [-0.3, -0.25) is 47.8 Å². The monoisotopic (exact) mass is 2000 g/mol. The first kappa shape index (κ1) is 107. The zero-order valence-corrected chi connectivity index (χ0v) is 84.9. The molecule has 12 heterocycles. The fraction of sp³-hybridized carbons (Fsp3) is 0.570. The van der Waals surface area contributed by atoms with Crippen molar-refractivity contribution < 1.29 is 80.7 Å². The molecule has 38 heteroatoms. The van der Waals surface area contributed by atoms with Crippen molar-refractivity contribution in [1.82, 2.24) is 73.9 Å². The maximum atomic E-state index is 15.3. The number of likely N-dealkylation sites (tertiary alicyclic amines) is 1. The van der Waals surface area contributed by atoms with E-state index in [9.17, 15) is 43.8 Å². The molecule has 0 bridgehead atoms. The van der Waals surface area contributed by atoms with E-state index in [1.165, 1.54) is 22.3 Å². The first-order valence-electron chi connectivity index (χ1n) is 51.6. The zero-order valence-electron chi connectivity index (χ0n) is 84.9. The third kappa shape index (κ3) is 28.6. The summed E-state index contributed by atoms with van der Waals surface area (Å²) in [6, 6.07) is 13.2. The lowest BCUT2D eigenvalue weighted by atomic mass is 9.83. The van der Waals surface area contributed by atoms with Crippen molar-refractivity contribution in [3.63, 3.8) is 0 Å². The van der Waals surface area contributed by atoms with Gasteiger partial charge in [0.25, 0.3) is 24.2 Å². The van der Waals surface area contributed by atoms with Gasteiger partial charge in [0.15, 0.2) is 6.61 Å². The van der Waals surface area contributed by atoms with Crippen molar-refractivity contribution >= 4 is 87.1 Å². The maximum Gasteiger partial charge on any atom is 0.418 e. The second-order valence-corrected chi connectivity index (χ2v) is 39.9.